The lowest BCUT2D eigenvalue weighted by Gasteiger charge is -2.17. The number of carbonyl (C=O) groups is 1. The first-order chi connectivity index (χ1) is 11.1. The third-order valence-corrected chi connectivity index (χ3v) is 5.83. The van der Waals surface area contributed by atoms with Gasteiger partial charge in [-0.1, -0.05) is 29.8 Å². The van der Waals surface area contributed by atoms with Crippen molar-refractivity contribution in [2.45, 2.75) is 13.0 Å². The van der Waals surface area contributed by atoms with E-state index in [0.717, 1.165) is 15.6 Å². The van der Waals surface area contributed by atoms with Gasteiger partial charge in [0.2, 0.25) is 0 Å². The highest BCUT2D eigenvalue weighted by atomic mass is 35.5. The van der Waals surface area contributed by atoms with Crippen molar-refractivity contribution in [2.75, 3.05) is 13.6 Å². The first-order valence-corrected chi connectivity index (χ1v) is 9.39. The maximum Gasteiger partial charge on any atom is 0.317 e. The molecule has 120 valence electrons. The average Bonchev–Trinajstić information content (AvgIpc) is 3.14. The van der Waals surface area contributed by atoms with E-state index >= 15 is 0 Å². The Kier molecular flexibility index (Phi) is 5.20. The number of benzene rings is 1. The molecule has 0 fully saturated rings. The minimum Gasteiger partial charge on any atom is -0.338 e. The SMILES string of the molecule is CN(Cc1ccc(Cl)s1)C(=O)NCCc1csc2ccccc12. The van der Waals surface area contributed by atoms with Gasteiger partial charge < -0.3 is 10.2 Å². The maximum atomic E-state index is 12.1. The smallest absolute Gasteiger partial charge is 0.317 e. The van der Waals surface area contributed by atoms with E-state index in [4.69, 9.17) is 11.6 Å². The summed E-state index contributed by atoms with van der Waals surface area (Å²) in [5.74, 6) is 0. The number of halogens is 1. The number of fused-ring (bicyclic) bond motifs is 1. The quantitative estimate of drug-likeness (QED) is 0.678. The molecule has 0 atom stereocenters. The summed E-state index contributed by atoms with van der Waals surface area (Å²) in [6, 6.07) is 12.1. The fourth-order valence-electron chi connectivity index (χ4n) is 2.41. The Morgan fingerprint density at radius 1 is 1.26 bits per heavy atom. The normalized spacial score (nSPS) is 10.9. The molecule has 3 nitrogen and oxygen atoms in total. The molecule has 1 N–H and O–H groups in total. The van der Waals surface area contributed by atoms with Crippen molar-refractivity contribution in [3.8, 4) is 0 Å². The molecule has 0 saturated heterocycles. The van der Waals surface area contributed by atoms with Crippen LogP contribution in [0.15, 0.2) is 41.8 Å². The molecule has 3 rings (SSSR count). The second-order valence-corrected chi connectivity index (χ2v) is 8.01. The molecule has 0 spiro atoms. The predicted octanol–water partition coefficient (Wildman–Crippen LogP) is 5.00. The molecule has 0 unspecified atom stereocenters. The molecule has 1 aromatic carbocycles. The highest BCUT2D eigenvalue weighted by molar-refractivity contribution is 7.17. The lowest BCUT2D eigenvalue weighted by Crippen LogP contribution is -2.37. The van der Waals surface area contributed by atoms with Crippen LogP contribution in [0.4, 0.5) is 4.79 Å². The third kappa shape index (κ3) is 4.05. The molecule has 0 radical (unpaired) electrons. The molecule has 23 heavy (non-hydrogen) atoms. The standard InChI is InChI=1S/C17H17ClN2OS2/c1-20(10-13-6-7-16(18)23-13)17(21)19-9-8-12-11-22-15-5-3-2-4-14(12)15/h2-7,11H,8-10H2,1H3,(H,19,21). The molecule has 0 bridgehead atoms. The van der Waals surface area contributed by atoms with Gasteiger partial charge in [0.25, 0.3) is 0 Å². The zero-order valence-electron chi connectivity index (χ0n) is 12.7. The van der Waals surface area contributed by atoms with E-state index < -0.39 is 0 Å². The van der Waals surface area contributed by atoms with Crippen molar-refractivity contribution >= 4 is 50.4 Å². The van der Waals surface area contributed by atoms with Gasteiger partial charge in [0.05, 0.1) is 10.9 Å². The highest BCUT2D eigenvalue weighted by Gasteiger charge is 2.10. The fourth-order valence-corrected chi connectivity index (χ4v) is 4.55. The first kappa shape index (κ1) is 16.3. The molecule has 2 heterocycles. The molecule has 0 aliphatic heterocycles. The van der Waals surface area contributed by atoms with Crippen molar-refractivity contribution in [3.05, 3.63) is 56.6 Å². The lowest BCUT2D eigenvalue weighted by atomic mass is 10.1. The van der Waals surface area contributed by atoms with E-state index in [1.807, 2.05) is 12.1 Å². The molecule has 2 amide bonds. The van der Waals surface area contributed by atoms with Crippen LogP contribution in [0.2, 0.25) is 4.34 Å². The van der Waals surface area contributed by atoms with Crippen LogP contribution in [0.5, 0.6) is 0 Å². The van der Waals surface area contributed by atoms with Gasteiger partial charge in [0, 0.05) is 23.2 Å². The van der Waals surface area contributed by atoms with Gasteiger partial charge in [0.15, 0.2) is 0 Å². The summed E-state index contributed by atoms with van der Waals surface area (Å²) in [6.07, 6.45) is 0.842. The topological polar surface area (TPSA) is 32.3 Å². The van der Waals surface area contributed by atoms with E-state index in [1.165, 1.54) is 27.0 Å². The van der Waals surface area contributed by atoms with Crippen molar-refractivity contribution < 1.29 is 4.79 Å². The number of hydrogen-bond donors (Lipinski definition) is 1. The summed E-state index contributed by atoms with van der Waals surface area (Å²) >= 11 is 9.16. The van der Waals surface area contributed by atoms with Crippen molar-refractivity contribution in [1.29, 1.82) is 0 Å². The van der Waals surface area contributed by atoms with Crippen LogP contribution in [0.1, 0.15) is 10.4 Å². The lowest BCUT2D eigenvalue weighted by molar-refractivity contribution is 0.207. The summed E-state index contributed by atoms with van der Waals surface area (Å²) in [5.41, 5.74) is 1.29. The molecule has 0 saturated carbocycles. The minimum absolute atomic E-state index is 0.0611. The molecular weight excluding hydrogens is 348 g/mol. The second-order valence-electron chi connectivity index (χ2n) is 5.30. The van der Waals surface area contributed by atoms with Crippen molar-refractivity contribution in [1.82, 2.24) is 10.2 Å². The number of amides is 2. The zero-order chi connectivity index (χ0) is 16.2. The van der Waals surface area contributed by atoms with E-state index in [9.17, 15) is 4.79 Å². The Morgan fingerprint density at radius 3 is 2.87 bits per heavy atom. The zero-order valence-corrected chi connectivity index (χ0v) is 15.1. The van der Waals surface area contributed by atoms with Gasteiger partial charge in [-0.15, -0.1) is 22.7 Å². The average molecular weight is 365 g/mol. The van der Waals surface area contributed by atoms with Crippen LogP contribution in [0, 0.1) is 0 Å². The molecular formula is C17H17ClN2OS2. The summed E-state index contributed by atoms with van der Waals surface area (Å²) in [4.78, 5) is 14.9. The summed E-state index contributed by atoms with van der Waals surface area (Å²) in [7, 11) is 1.79. The van der Waals surface area contributed by atoms with Gasteiger partial charge in [0.1, 0.15) is 0 Å². The number of thiophene rings is 2. The van der Waals surface area contributed by atoms with E-state index in [2.05, 4.69) is 35.0 Å². The summed E-state index contributed by atoms with van der Waals surface area (Å²) in [5, 5.41) is 6.44. The maximum absolute atomic E-state index is 12.1. The monoisotopic (exact) mass is 364 g/mol. The molecule has 0 aliphatic rings. The number of rotatable bonds is 5. The Bertz CT molecular complexity index is 812. The van der Waals surface area contributed by atoms with Crippen LogP contribution in [0.3, 0.4) is 0 Å². The molecule has 6 heteroatoms. The number of hydrogen-bond acceptors (Lipinski definition) is 3. The van der Waals surface area contributed by atoms with E-state index in [0.29, 0.717) is 13.1 Å². The van der Waals surface area contributed by atoms with Gasteiger partial charge >= 0.3 is 6.03 Å². The van der Waals surface area contributed by atoms with Crippen LogP contribution in [-0.2, 0) is 13.0 Å². The van der Waals surface area contributed by atoms with E-state index in [-0.39, 0.29) is 6.03 Å². The Labute approximate surface area is 148 Å². The van der Waals surface area contributed by atoms with Crippen molar-refractivity contribution in [3.63, 3.8) is 0 Å². The third-order valence-electron chi connectivity index (χ3n) is 3.60. The first-order valence-electron chi connectivity index (χ1n) is 7.32. The summed E-state index contributed by atoms with van der Waals surface area (Å²) in [6.45, 7) is 1.21. The minimum atomic E-state index is -0.0611. The van der Waals surface area contributed by atoms with Gasteiger partial charge in [-0.25, -0.2) is 4.79 Å². The number of urea groups is 1. The number of nitrogens with zero attached hydrogens (tertiary/aromatic N) is 1. The van der Waals surface area contributed by atoms with Crippen molar-refractivity contribution in [2.24, 2.45) is 0 Å². The van der Waals surface area contributed by atoms with Crippen LogP contribution >= 0.6 is 34.3 Å². The van der Waals surface area contributed by atoms with E-state index in [1.54, 1.807) is 23.3 Å². The largest absolute Gasteiger partial charge is 0.338 e. The predicted molar refractivity (Wildman–Crippen MR) is 99.7 cm³/mol. The Balaban J connectivity index is 1.50. The Morgan fingerprint density at radius 2 is 2.09 bits per heavy atom. The summed E-state index contributed by atoms with van der Waals surface area (Å²) < 4.78 is 2.04. The number of nitrogens with one attached hydrogen (secondary N) is 1. The van der Waals surface area contributed by atoms with Crippen LogP contribution in [0.25, 0.3) is 10.1 Å². The second kappa shape index (κ2) is 7.34. The Hall–Kier alpha value is -1.56. The molecule has 0 aliphatic carbocycles. The van der Waals surface area contributed by atoms with Crippen LogP contribution in [-0.4, -0.2) is 24.5 Å². The highest BCUT2D eigenvalue weighted by Crippen LogP contribution is 2.25. The number of carbonyl (C=O) groups excluding carboxylic acids is 1. The van der Waals surface area contributed by atoms with Crippen LogP contribution < -0.4 is 5.32 Å². The van der Waals surface area contributed by atoms with Gasteiger partial charge in [-0.05, 0) is 40.9 Å². The fraction of sp³-hybridized carbons (Fsp3) is 0.235. The van der Waals surface area contributed by atoms with Gasteiger partial charge in [-0.2, -0.15) is 0 Å². The molecule has 2 aromatic heterocycles. The molecule has 3 aromatic rings. The van der Waals surface area contributed by atoms with Gasteiger partial charge in [-0.3, -0.25) is 0 Å².